The van der Waals surface area contributed by atoms with Crippen LogP contribution in [0.2, 0.25) is 0 Å². The smallest absolute Gasteiger partial charge is 0.383 e. The molecule has 0 atom stereocenters. The number of nitrogens with two attached hydrogens (primary N) is 2. The van der Waals surface area contributed by atoms with Crippen LogP contribution in [0.1, 0.15) is 72.6 Å². The lowest BCUT2D eigenvalue weighted by Gasteiger charge is -2.33. The first-order chi connectivity index (χ1) is 18.6. The molecular formula is C27H31F4N7O. The first-order valence-electron chi connectivity index (χ1n) is 13.2. The number of aromatic nitrogens is 4. The standard InChI is InChI=1S/C27H31F4N7O/c28-20-6-5-18(13-19(20)27(29,30)31)21-14-38(10-7-16-3-1-2-4-16)25(36-21)17-8-11-37(12-9-17)26-22(24(33)39)23(32)34-15-35-26/h5-6,13-17H,1-4,7-12H2,(H2,33,39)(H2,32,34,35). The Morgan fingerprint density at radius 2 is 1.79 bits per heavy atom. The van der Waals surface area contributed by atoms with Crippen molar-refractivity contribution >= 4 is 17.5 Å². The molecule has 4 N–H and O–H groups in total. The van der Waals surface area contributed by atoms with Gasteiger partial charge in [0.05, 0.1) is 11.3 Å². The van der Waals surface area contributed by atoms with Crippen LogP contribution in [0.3, 0.4) is 0 Å². The number of nitrogen functional groups attached to an aromatic ring is 1. The number of imidazole rings is 1. The number of hydrogen-bond donors (Lipinski definition) is 2. The Hall–Kier alpha value is -3.70. The van der Waals surface area contributed by atoms with Crippen LogP contribution in [0.5, 0.6) is 0 Å². The number of benzene rings is 1. The van der Waals surface area contributed by atoms with Gasteiger partial charge in [-0.25, -0.2) is 19.3 Å². The average molecular weight is 546 g/mol. The van der Waals surface area contributed by atoms with Crippen molar-refractivity contribution in [3.8, 4) is 11.3 Å². The van der Waals surface area contributed by atoms with Gasteiger partial charge in [0.1, 0.15) is 35.2 Å². The molecule has 0 bridgehead atoms. The van der Waals surface area contributed by atoms with E-state index in [-0.39, 0.29) is 22.9 Å². The van der Waals surface area contributed by atoms with E-state index in [0.717, 1.165) is 30.9 Å². The molecule has 2 fully saturated rings. The third-order valence-corrected chi connectivity index (χ3v) is 7.89. The van der Waals surface area contributed by atoms with Gasteiger partial charge in [-0.3, -0.25) is 4.79 Å². The number of nitrogens with zero attached hydrogens (tertiary/aromatic N) is 5. The summed E-state index contributed by atoms with van der Waals surface area (Å²) in [5.41, 5.74) is 10.8. The number of alkyl halides is 3. The van der Waals surface area contributed by atoms with Crippen LogP contribution >= 0.6 is 0 Å². The lowest BCUT2D eigenvalue weighted by Crippen LogP contribution is -2.36. The number of primary amides is 1. The highest BCUT2D eigenvalue weighted by Gasteiger charge is 2.35. The number of amides is 1. The van der Waals surface area contributed by atoms with Crippen molar-refractivity contribution in [1.29, 1.82) is 0 Å². The van der Waals surface area contributed by atoms with E-state index in [4.69, 9.17) is 16.5 Å². The van der Waals surface area contributed by atoms with Crippen LogP contribution < -0.4 is 16.4 Å². The van der Waals surface area contributed by atoms with Crippen molar-refractivity contribution in [3.63, 3.8) is 0 Å². The van der Waals surface area contributed by atoms with Gasteiger partial charge in [0.15, 0.2) is 0 Å². The van der Waals surface area contributed by atoms with Crippen LogP contribution in [-0.4, -0.2) is 38.5 Å². The van der Waals surface area contributed by atoms with E-state index in [2.05, 4.69) is 14.5 Å². The molecule has 8 nitrogen and oxygen atoms in total. The zero-order valence-corrected chi connectivity index (χ0v) is 21.4. The molecule has 208 valence electrons. The van der Waals surface area contributed by atoms with Crippen molar-refractivity contribution in [3.05, 3.63) is 53.5 Å². The van der Waals surface area contributed by atoms with Gasteiger partial charge in [-0.15, -0.1) is 0 Å². The van der Waals surface area contributed by atoms with E-state index < -0.39 is 23.5 Å². The maximum Gasteiger partial charge on any atom is 0.419 e. The van der Waals surface area contributed by atoms with Gasteiger partial charge in [-0.2, -0.15) is 13.2 Å². The molecule has 0 unspecified atom stereocenters. The first kappa shape index (κ1) is 26.9. The summed E-state index contributed by atoms with van der Waals surface area (Å²) in [5, 5.41) is 0. The predicted octanol–water partition coefficient (Wildman–Crippen LogP) is 5.14. The number of aryl methyl sites for hydroxylation is 1. The molecule has 1 amide bonds. The quantitative estimate of drug-likeness (QED) is 0.397. The van der Waals surface area contributed by atoms with Gasteiger partial charge in [0, 0.05) is 37.3 Å². The molecule has 1 saturated heterocycles. The summed E-state index contributed by atoms with van der Waals surface area (Å²) in [6.07, 6.45) is 5.44. The fourth-order valence-corrected chi connectivity index (χ4v) is 5.81. The lowest BCUT2D eigenvalue weighted by atomic mass is 9.95. The SMILES string of the molecule is NC(=O)c1c(N)ncnc1N1CCC(c2nc(-c3ccc(F)c(C(F)(F)F)c3)cn2CCC2CCCC2)CC1. The van der Waals surface area contributed by atoms with Crippen LogP contribution in [0, 0.1) is 11.7 Å². The molecular weight excluding hydrogens is 514 g/mol. The number of piperidine rings is 1. The molecule has 1 aliphatic heterocycles. The van der Waals surface area contributed by atoms with Crippen LogP contribution in [0.25, 0.3) is 11.3 Å². The molecule has 3 aromatic rings. The van der Waals surface area contributed by atoms with Crippen molar-refractivity contribution in [2.24, 2.45) is 11.7 Å². The van der Waals surface area contributed by atoms with Gasteiger partial charge in [-0.05, 0) is 43.4 Å². The predicted molar refractivity (Wildman–Crippen MR) is 138 cm³/mol. The van der Waals surface area contributed by atoms with E-state index in [1.54, 1.807) is 6.20 Å². The Bertz CT molecular complexity index is 1340. The second-order valence-electron chi connectivity index (χ2n) is 10.4. The highest BCUT2D eigenvalue weighted by atomic mass is 19.4. The van der Waals surface area contributed by atoms with Crippen LogP contribution in [0.4, 0.5) is 29.2 Å². The zero-order valence-electron chi connectivity index (χ0n) is 21.4. The van der Waals surface area contributed by atoms with Crippen molar-refractivity contribution in [2.45, 2.75) is 63.6 Å². The van der Waals surface area contributed by atoms with Gasteiger partial charge < -0.3 is 20.9 Å². The normalized spacial score (nSPS) is 17.2. The Balaban J connectivity index is 1.41. The minimum atomic E-state index is -4.80. The highest BCUT2D eigenvalue weighted by Crippen LogP contribution is 2.37. The monoisotopic (exact) mass is 545 g/mol. The van der Waals surface area contributed by atoms with Crippen LogP contribution in [0.15, 0.2) is 30.7 Å². The summed E-state index contributed by atoms with van der Waals surface area (Å²) >= 11 is 0. The molecule has 12 heteroatoms. The van der Waals surface area contributed by atoms with Gasteiger partial charge in [0.2, 0.25) is 0 Å². The van der Waals surface area contributed by atoms with E-state index in [1.165, 1.54) is 38.1 Å². The summed E-state index contributed by atoms with van der Waals surface area (Å²) < 4.78 is 56.1. The Labute approximate surface area is 223 Å². The number of rotatable bonds is 7. The van der Waals surface area contributed by atoms with E-state index in [0.29, 0.717) is 43.4 Å². The molecule has 3 heterocycles. The largest absolute Gasteiger partial charge is 0.419 e. The van der Waals surface area contributed by atoms with Crippen molar-refractivity contribution in [2.75, 3.05) is 23.7 Å². The fraction of sp³-hybridized carbons (Fsp3) is 0.481. The molecule has 2 aromatic heterocycles. The molecule has 1 aliphatic carbocycles. The van der Waals surface area contributed by atoms with Crippen molar-refractivity contribution in [1.82, 2.24) is 19.5 Å². The third kappa shape index (κ3) is 5.69. The molecule has 1 aromatic carbocycles. The first-order valence-corrected chi connectivity index (χ1v) is 13.2. The molecule has 2 aliphatic rings. The Kier molecular flexibility index (Phi) is 7.46. The fourth-order valence-electron chi connectivity index (χ4n) is 5.81. The molecule has 1 saturated carbocycles. The number of halogens is 4. The summed E-state index contributed by atoms with van der Waals surface area (Å²) in [5.74, 6) is -0.113. The minimum Gasteiger partial charge on any atom is -0.383 e. The van der Waals surface area contributed by atoms with Gasteiger partial charge in [0.25, 0.3) is 5.91 Å². The minimum absolute atomic E-state index is 0.0271. The molecule has 39 heavy (non-hydrogen) atoms. The lowest BCUT2D eigenvalue weighted by molar-refractivity contribution is -0.139. The van der Waals surface area contributed by atoms with E-state index >= 15 is 0 Å². The Morgan fingerprint density at radius 1 is 1.08 bits per heavy atom. The van der Waals surface area contributed by atoms with E-state index in [1.807, 2.05) is 4.90 Å². The molecule has 0 spiro atoms. The van der Waals surface area contributed by atoms with Crippen molar-refractivity contribution < 1.29 is 22.4 Å². The van der Waals surface area contributed by atoms with Crippen LogP contribution in [-0.2, 0) is 12.7 Å². The third-order valence-electron chi connectivity index (χ3n) is 7.89. The molecule has 5 rings (SSSR count). The maximum absolute atomic E-state index is 13.9. The number of hydrogen-bond acceptors (Lipinski definition) is 6. The summed E-state index contributed by atoms with van der Waals surface area (Å²) in [6.45, 7) is 1.83. The van der Waals surface area contributed by atoms with Gasteiger partial charge in [-0.1, -0.05) is 25.7 Å². The molecule has 0 radical (unpaired) electrons. The summed E-state index contributed by atoms with van der Waals surface area (Å²) in [4.78, 5) is 26.8. The van der Waals surface area contributed by atoms with E-state index in [9.17, 15) is 22.4 Å². The summed E-state index contributed by atoms with van der Waals surface area (Å²) in [6, 6.07) is 3.01. The second-order valence-corrected chi connectivity index (χ2v) is 10.4. The summed E-state index contributed by atoms with van der Waals surface area (Å²) in [7, 11) is 0. The topological polar surface area (TPSA) is 116 Å². The number of carbonyl (C=O) groups excluding carboxylic acids is 1. The zero-order chi connectivity index (χ0) is 27.7. The highest BCUT2D eigenvalue weighted by molar-refractivity contribution is 6.01. The number of anilines is 2. The Morgan fingerprint density at radius 3 is 2.46 bits per heavy atom. The van der Waals surface area contributed by atoms with Gasteiger partial charge >= 0.3 is 6.18 Å². The number of carbonyl (C=O) groups is 1. The maximum atomic E-state index is 13.9. The second kappa shape index (κ2) is 10.8. The average Bonchev–Trinajstić information content (AvgIpc) is 3.57.